The number of para-hydroxylation sites is 1. The number of hydrogen-bond donors (Lipinski definition) is 0. The molecule has 0 fully saturated rings. The Labute approximate surface area is 113 Å². The highest BCUT2D eigenvalue weighted by Gasteiger charge is 2.03. The zero-order chi connectivity index (χ0) is 13.3. The van der Waals surface area contributed by atoms with Crippen molar-refractivity contribution in [3.05, 3.63) is 66.2 Å². The molecule has 0 amide bonds. The van der Waals surface area contributed by atoms with Crippen molar-refractivity contribution in [1.82, 2.24) is 0 Å². The van der Waals surface area contributed by atoms with Gasteiger partial charge in [0.15, 0.2) is 0 Å². The molecule has 3 nitrogen and oxygen atoms in total. The molecule has 2 aromatic rings. The van der Waals surface area contributed by atoms with Gasteiger partial charge >= 0.3 is 6.08 Å². The van der Waals surface area contributed by atoms with E-state index >= 15 is 0 Å². The smallest absolute Gasteiger partial charge is 0.389 e. The Morgan fingerprint density at radius 2 is 1.58 bits per heavy atom. The average molecular weight is 255 g/mol. The van der Waals surface area contributed by atoms with E-state index in [2.05, 4.69) is 4.99 Å². The lowest BCUT2D eigenvalue weighted by atomic mass is 10.2. The summed E-state index contributed by atoms with van der Waals surface area (Å²) in [5.41, 5.74) is 1.12. The van der Waals surface area contributed by atoms with E-state index in [1.807, 2.05) is 67.6 Å². The molecule has 0 aliphatic carbocycles. The maximum absolute atomic E-state index is 5.60. The minimum absolute atomic E-state index is 0.303. The molecule has 0 unspecified atom stereocenters. The number of benzene rings is 2. The van der Waals surface area contributed by atoms with E-state index in [0.717, 1.165) is 11.3 Å². The third-order valence-corrected chi connectivity index (χ3v) is 2.45. The molecule has 3 heteroatoms. The molecular weight excluding hydrogens is 238 g/mol. The van der Waals surface area contributed by atoms with Crippen LogP contribution in [0.4, 0.5) is 0 Å². The molecule has 19 heavy (non-hydrogen) atoms. The van der Waals surface area contributed by atoms with Gasteiger partial charge in [-0.2, -0.15) is 0 Å². The van der Waals surface area contributed by atoms with E-state index in [1.165, 1.54) is 0 Å². The summed E-state index contributed by atoms with van der Waals surface area (Å²) in [5, 5.41) is 0. The average Bonchev–Trinajstić information content (AvgIpc) is 2.47. The van der Waals surface area contributed by atoms with Crippen molar-refractivity contribution < 1.29 is 9.47 Å². The number of ether oxygens (including phenoxy) is 2. The summed E-state index contributed by atoms with van der Waals surface area (Å²) in [4.78, 5) is 4.35. The van der Waals surface area contributed by atoms with Crippen molar-refractivity contribution >= 4 is 6.08 Å². The maximum Gasteiger partial charge on any atom is 0.389 e. The molecule has 0 aromatic heterocycles. The Morgan fingerprint density at radius 1 is 0.947 bits per heavy atom. The lowest BCUT2D eigenvalue weighted by Crippen LogP contribution is -2.13. The van der Waals surface area contributed by atoms with Crippen LogP contribution in [-0.4, -0.2) is 12.7 Å². The van der Waals surface area contributed by atoms with Crippen LogP contribution in [0.1, 0.15) is 12.5 Å². The zero-order valence-electron chi connectivity index (χ0n) is 11.0. The van der Waals surface area contributed by atoms with Crippen molar-refractivity contribution in [3.63, 3.8) is 0 Å². The molecule has 0 bridgehead atoms. The fourth-order valence-electron chi connectivity index (χ4n) is 1.56. The molecule has 0 N–H and O–H groups in total. The second-order valence-electron chi connectivity index (χ2n) is 3.92. The second kappa shape index (κ2) is 7.21. The molecule has 0 heterocycles. The van der Waals surface area contributed by atoms with Gasteiger partial charge < -0.3 is 9.47 Å². The monoisotopic (exact) mass is 255 g/mol. The van der Waals surface area contributed by atoms with Crippen LogP contribution in [0.5, 0.6) is 5.75 Å². The van der Waals surface area contributed by atoms with Crippen LogP contribution in [0.3, 0.4) is 0 Å². The van der Waals surface area contributed by atoms with Crippen LogP contribution < -0.4 is 4.74 Å². The van der Waals surface area contributed by atoms with Crippen LogP contribution >= 0.6 is 0 Å². The summed E-state index contributed by atoms with van der Waals surface area (Å²) in [7, 11) is 0. The fraction of sp³-hybridized carbons (Fsp3) is 0.188. The Kier molecular flexibility index (Phi) is 4.99. The van der Waals surface area contributed by atoms with Gasteiger partial charge in [0.25, 0.3) is 0 Å². The topological polar surface area (TPSA) is 30.8 Å². The number of hydrogen-bond acceptors (Lipinski definition) is 3. The molecule has 98 valence electrons. The Bertz CT molecular complexity index is 509. The van der Waals surface area contributed by atoms with Gasteiger partial charge in [0.05, 0.1) is 13.2 Å². The van der Waals surface area contributed by atoms with Crippen LogP contribution in [-0.2, 0) is 11.3 Å². The molecule has 0 aliphatic rings. The number of nitrogens with zero attached hydrogens (tertiary/aromatic N) is 1. The summed E-state index contributed by atoms with van der Waals surface area (Å²) in [6.45, 7) is 2.98. The Morgan fingerprint density at radius 3 is 2.21 bits per heavy atom. The minimum Gasteiger partial charge on any atom is -0.451 e. The highest BCUT2D eigenvalue weighted by atomic mass is 16.7. The summed E-state index contributed by atoms with van der Waals surface area (Å²) in [6, 6.07) is 19.5. The second-order valence-corrected chi connectivity index (χ2v) is 3.92. The molecule has 2 rings (SSSR count). The molecule has 0 saturated carbocycles. The number of rotatable bonds is 4. The van der Waals surface area contributed by atoms with E-state index in [9.17, 15) is 0 Å². The molecule has 0 saturated heterocycles. The van der Waals surface area contributed by atoms with Gasteiger partial charge in [0.1, 0.15) is 5.75 Å². The predicted molar refractivity (Wildman–Crippen MR) is 76.3 cm³/mol. The first-order chi connectivity index (χ1) is 9.38. The number of aliphatic imine (C=N–C) groups is 1. The molecule has 0 aliphatic heterocycles. The van der Waals surface area contributed by atoms with Gasteiger partial charge in [-0.25, -0.2) is 4.99 Å². The summed E-state index contributed by atoms with van der Waals surface area (Å²) >= 11 is 0. The largest absolute Gasteiger partial charge is 0.451 e. The van der Waals surface area contributed by atoms with Crippen LogP contribution in [0.15, 0.2) is 65.7 Å². The van der Waals surface area contributed by atoms with E-state index in [0.29, 0.717) is 19.2 Å². The molecule has 0 radical (unpaired) electrons. The Hall–Kier alpha value is -2.29. The van der Waals surface area contributed by atoms with Gasteiger partial charge in [0, 0.05) is 0 Å². The Balaban J connectivity index is 2.03. The van der Waals surface area contributed by atoms with Crippen molar-refractivity contribution in [2.24, 2.45) is 4.99 Å². The van der Waals surface area contributed by atoms with Crippen molar-refractivity contribution in [3.8, 4) is 5.75 Å². The van der Waals surface area contributed by atoms with Gasteiger partial charge in [-0.15, -0.1) is 0 Å². The van der Waals surface area contributed by atoms with Crippen molar-refractivity contribution in [2.75, 3.05) is 6.61 Å². The standard InChI is InChI=1S/C16H17NO2/c1-2-18-16(19-15-11-7-4-8-12-15)17-13-14-9-5-3-6-10-14/h3-12H,2,13H2,1H3. The first kappa shape index (κ1) is 13.1. The van der Waals surface area contributed by atoms with Crippen molar-refractivity contribution in [1.29, 1.82) is 0 Å². The summed E-state index contributed by atoms with van der Waals surface area (Å²) < 4.78 is 11.0. The van der Waals surface area contributed by atoms with E-state index in [4.69, 9.17) is 9.47 Å². The lowest BCUT2D eigenvalue weighted by Gasteiger charge is -2.08. The normalized spacial score (nSPS) is 11.1. The van der Waals surface area contributed by atoms with Gasteiger partial charge in [-0.3, -0.25) is 0 Å². The first-order valence-corrected chi connectivity index (χ1v) is 6.32. The third kappa shape index (κ3) is 4.47. The zero-order valence-corrected chi connectivity index (χ0v) is 11.0. The van der Waals surface area contributed by atoms with Gasteiger partial charge in [0.2, 0.25) is 0 Å². The lowest BCUT2D eigenvalue weighted by molar-refractivity contribution is 0.248. The van der Waals surface area contributed by atoms with E-state index < -0.39 is 0 Å². The molecule has 2 aromatic carbocycles. The fourth-order valence-corrected chi connectivity index (χ4v) is 1.56. The molecule has 0 atom stereocenters. The quantitative estimate of drug-likeness (QED) is 0.616. The maximum atomic E-state index is 5.60. The summed E-state index contributed by atoms with van der Waals surface area (Å²) in [6.07, 6.45) is 0.303. The van der Waals surface area contributed by atoms with E-state index in [-0.39, 0.29) is 0 Å². The highest BCUT2D eigenvalue weighted by Crippen LogP contribution is 2.10. The predicted octanol–water partition coefficient (Wildman–Crippen LogP) is 3.66. The van der Waals surface area contributed by atoms with Crippen LogP contribution in [0.25, 0.3) is 0 Å². The van der Waals surface area contributed by atoms with Gasteiger partial charge in [-0.1, -0.05) is 48.5 Å². The first-order valence-electron chi connectivity index (χ1n) is 6.32. The van der Waals surface area contributed by atoms with Crippen molar-refractivity contribution in [2.45, 2.75) is 13.5 Å². The highest BCUT2D eigenvalue weighted by molar-refractivity contribution is 5.70. The van der Waals surface area contributed by atoms with Crippen LogP contribution in [0.2, 0.25) is 0 Å². The SMILES string of the molecule is CCOC(=NCc1ccccc1)Oc1ccccc1. The summed E-state index contributed by atoms with van der Waals surface area (Å²) in [5.74, 6) is 0.725. The third-order valence-electron chi connectivity index (χ3n) is 2.45. The molecular formula is C16H17NO2. The minimum atomic E-state index is 0.303. The van der Waals surface area contributed by atoms with Gasteiger partial charge in [-0.05, 0) is 24.6 Å². The van der Waals surface area contributed by atoms with E-state index in [1.54, 1.807) is 0 Å². The van der Waals surface area contributed by atoms with Crippen LogP contribution in [0, 0.1) is 0 Å². The molecule has 0 spiro atoms.